The number of hydrogen-bond acceptors (Lipinski definition) is 10. The molecule has 1 aliphatic rings. The molecule has 3 N–H and O–H groups in total. The van der Waals surface area contributed by atoms with Crippen molar-refractivity contribution in [1.82, 2.24) is 10.9 Å². The number of aliphatic imine (C=N–C) groups is 1. The highest BCUT2D eigenvalue weighted by molar-refractivity contribution is 7.91. The Bertz CT molecular complexity index is 1780. The van der Waals surface area contributed by atoms with Gasteiger partial charge in [0.1, 0.15) is 5.75 Å². The lowest BCUT2D eigenvalue weighted by atomic mass is 9.84. The zero-order valence-electron chi connectivity index (χ0n) is 27.5. The highest BCUT2D eigenvalue weighted by atomic mass is 32.2. The zero-order valence-corrected chi connectivity index (χ0v) is 28.3. The maximum Gasteiger partial charge on any atom is 0.266 e. The first-order chi connectivity index (χ1) is 23.8. The van der Waals surface area contributed by atoms with Crippen LogP contribution >= 0.6 is 0 Å². The molecule has 12 heteroatoms. The molecule has 0 bridgehead atoms. The molecule has 4 aromatic rings. The molecule has 49 heavy (non-hydrogen) atoms. The molecule has 0 unspecified atom stereocenters. The Labute approximate surface area is 286 Å². The van der Waals surface area contributed by atoms with E-state index in [4.69, 9.17) is 29.0 Å². The van der Waals surface area contributed by atoms with Crippen molar-refractivity contribution in [3.63, 3.8) is 0 Å². The van der Waals surface area contributed by atoms with E-state index >= 15 is 0 Å². The molecular formula is C37H41N3O8S. The van der Waals surface area contributed by atoms with E-state index in [9.17, 15) is 13.2 Å². The molecule has 0 fully saturated rings. The van der Waals surface area contributed by atoms with Gasteiger partial charge in [-0.1, -0.05) is 72.8 Å². The van der Waals surface area contributed by atoms with Gasteiger partial charge in [0, 0.05) is 39.2 Å². The van der Waals surface area contributed by atoms with Gasteiger partial charge < -0.3 is 24.1 Å². The summed E-state index contributed by atoms with van der Waals surface area (Å²) in [7, 11) is -0.850. The number of hydrogen-bond donors (Lipinski definition) is 3. The van der Waals surface area contributed by atoms with E-state index in [-0.39, 0.29) is 36.1 Å². The van der Waals surface area contributed by atoms with Crippen molar-refractivity contribution in [3.05, 3.63) is 120 Å². The van der Waals surface area contributed by atoms with Crippen LogP contribution in [0, 0.1) is 0 Å². The number of rotatable bonds is 17. The first-order valence-electron chi connectivity index (χ1n) is 15.9. The van der Waals surface area contributed by atoms with Gasteiger partial charge in [0.25, 0.3) is 5.91 Å². The molecule has 258 valence electrons. The molecule has 1 aliphatic heterocycles. The number of methoxy groups -OCH3 is 2. The monoisotopic (exact) mass is 687 g/mol. The van der Waals surface area contributed by atoms with Crippen molar-refractivity contribution in [2.24, 2.45) is 4.99 Å². The lowest BCUT2D eigenvalue weighted by molar-refractivity contribution is -0.131. The predicted octanol–water partition coefficient (Wildman–Crippen LogP) is 4.48. The number of nitrogens with zero attached hydrogens (tertiary/aromatic N) is 1. The Morgan fingerprint density at radius 3 is 2.12 bits per heavy atom. The van der Waals surface area contributed by atoms with E-state index in [1.807, 2.05) is 54.6 Å². The quantitative estimate of drug-likeness (QED) is 0.0832. The minimum Gasteiger partial charge on any atom is -0.494 e. The summed E-state index contributed by atoms with van der Waals surface area (Å²) in [6.45, 7) is 0.489. The van der Waals surface area contributed by atoms with E-state index < -0.39 is 33.7 Å². The number of carbonyl (C=O) groups is 1. The van der Waals surface area contributed by atoms with Crippen molar-refractivity contribution >= 4 is 21.6 Å². The van der Waals surface area contributed by atoms with Gasteiger partial charge >= 0.3 is 0 Å². The summed E-state index contributed by atoms with van der Waals surface area (Å²) >= 11 is 0. The normalized spacial score (nSPS) is 17.4. The average Bonchev–Trinajstić information content (AvgIpc) is 3.55. The van der Waals surface area contributed by atoms with Crippen molar-refractivity contribution in [2.75, 3.05) is 39.7 Å². The summed E-state index contributed by atoms with van der Waals surface area (Å²) in [4.78, 5) is 19.4. The van der Waals surface area contributed by atoms with Gasteiger partial charge in [-0.15, -0.1) is 0 Å². The summed E-state index contributed by atoms with van der Waals surface area (Å²) in [6.07, 6.45) is -1.32. The fourth-order valence-corrected chi connectivity index (χ4v) is 6.86. The lowest BCUT2D eigenvalue weighted by Gasteiger charge is -2.31. The minimum absolute atomic E-state index is 0.0209. The van der Waals surface area contributed by atoms with Crippen LogP contribution in [0.1, 0.15) is 30.1 Å². The largest absolute Gasteiger partial charge is 0.494 e. The topological polar surface area (TPSA) is 145 Å². The van der Waals surface area contributed by atoms with Gasteiger partial charge in [0.05, 0.1) is 23.8 Å². The van der Waals surface area contributed by atoms with Crippen LogP contribution in [0.25, 0.3) is 11.1 Å². The summed E-state index contributed by atoms with van der Waals surface area (Å²) in [6, 6.07) is 32.6. The number of aliphatic hydroxyl groups excluding tert-OH is 1. The van der Waals surface area contributed by atoms with E-state index in [2.05, 4.69) is 10.9 Å². The van der Waals surface area contributed by atoms with Crippen LogP contribution in [0.15, 0.2) is 119 Å². The summed E-state index contributed by atoms with van der Waals surface area (Å²) in [5, 5.41) is 9.08. The van der Waals surface area contributed by atoms with Gasteiger partial charge in [-0.2, -0.15) is 0 Å². The molecule has 1 heterocycles. The maximum absolute atomic E-state index is 14.4. The average molecular weight is 688 g/mol. The van der Waals surface area contributed by atoms with Gasteiger partial charge in [-0.25, -0.2) is 18.8 Å². The zero-order chi connectivity index (χ0) is 34.7. The SMILES string of the molecule is COC(CNNC(=O)[C@@]1(CCS(=O)(=O)c2ccccc2)N=C(c2ccc(OCCCO)cc2)O[C@H]1c1ccc(-c2ccccc2)cc1)OC. The van der Waals surface area contributed by atoms with Gasteiger partial charge in [0.15, 0.2) is 27.8 Å². The second kappa shape index (κ2) is 16.7. The molecule has 0 saturated carbocycles. The van der Waals surface area contributed by atoms with Crippen LogP contribution < -0.4 is 15.6 Å². The molecule has 0 aromatic heterocycles. The molecule has 5 rings (SSSR count). The smallest absolute Gasteiger partial charge is 0.266 e. The molecule has 0 saturated heterocycles. The lowest BCUT2D eigenvalue weighted by Crippen LogP contribution is -2.54. The molecule has 0 aliphatic carbocycles. The number of amides is 1. The Morgan fingerprint density at radius 1 is 0.878 bits per heavy atom. The highest BCUT2D eigenvalue weighted by Gasteiger charge is 2.53. The van der Waals surface area contributed by atoms with Crippen molar-refractivity contribution in [1.29, 1.82) is 0 Å². The van der Waals surface area contributed by atoms with Crippen LogP contribution in [0.5, 0.6) is 5.75 Å². The standard InChI is InChI=1S/C37H41N3O8S/c1-45-33(46-2)26-38-40-36(42)37(22-25-49(43,44)32-12-7-4-8-13-32)34(29-16-14-28(15-17-29)27-10-5-3-6-11-27)48-35(39-37)30-18-20-31(21-19-30)47-24-9-23-41/h3-8,10-21,33-34,38,41H,9,22-26H2,1-2H3,(H,40,42)/t34-,37-/m0/s1. The van der Waals surface area contributed by atoms with Crippen LogP contribution in [0.4, 0.5) is 0 Å². The fraction of sp³-hybridized carbons (Fsp3) is 0.297. The second-order valence-electron chi connectivity index (χ2n) is 11.4. The number of benzene rings is 4. The van der Waals surface area contributed by atoms with E-state index in [0.29, 0.717) is 29.9 Å². The highest BCUT2D eigenvalue weighted by Crippen LogP contribution is 2.43. The summed E-state index contributed by atoms with van der Waals surface area (Å²) in [5.41, 5.74) is 7.06. The van der Waals surface area contributed by atoms with Gasteiger partial charge in [-0.05, 0) is 53.1 Å². The minimum atomic E-state index is -3.81. The third kappa shape index (κ3) is 8.72. The Hall–Kier alpha value is -4.59. The number of sulfone groups is 1. The number of aliphatic hydroxyl groups is 1. The fourth-order valence-electron chi connectivity index (χ4n) is 5.47. The van der Waals surface area contributed by atoms with Crippen molar-refractivity contribution in [2.45, 2.75) is 35.7 Å². The van der Waals surface area contributed by atoms with E-state index in [1.165, 1.54) is 26.4 Å². The molecule has 2 atom stereocenters. The van der Waals surface area contributed by atoms with Crippen molar-refractivity contribution in [3.8, 4) is 16.9 Å². The second-order valence-corrected chi connectivity index (χ2v) is 13.5. The number of nitrogens with one attached hydrogen (secondary N) is 2. The number of carbonyl (C=O) groups excluding carboxylic acids is 1. The van der Waals surface area contributed by atoms with Crippen LogP contribution in [0.2, 0.25) is 0 Å². The Balaban J connectivity index is 1.54. The third-order valence-corrected chi connectivity index (χ3v) is 9.93. The molecule has 11 nitrogen and oxygen atoms in total. The van der Waals surface area contributed by atoms with Gasteiger partial charge in [-0.3, -0.25) is 10.2 Å². The molecule has 4 aromatic carbocycles. The maximum atomic E-state index is 14.4. The molecule has 0 spiro atoms. The predicted molar refractivity (Wildman–Crippen MR) is 186 cm³/mol. The Kier molecular flexibility index (Phi) is 12.2. The summed E-state index contributed by atoms with van der Waals surface area (Å²) in [5.74, 6) is -0.188. The molecule has 0 radical (unpaired) electrons. The molecule has 1 amide bonds. The third-order valence-electron chi connectivity index (χ3n) is 8.20. The first-order valence-corrected chi connectivity index (χ1v) is 17.6. The summed E-state index contributed by atoms with van der Waals surface area (Å²) < 4.78 is 49.8. The van der Waals surface area contributed by atoms with Crippen LogP contribution in [-0.2, 0) is 28.8 Å². The number of ether oxygens (including phenoxy) is 4. The number of hydrazine groups is 1. The van der Waals surface area contributed by atoms with Gasteiger partial charge in [0.2, 0.25) is 5.90 Å². The van der Waals surface area contributed by atoms with Crippen LogP contribution in [0.3, 0.4) is 0 Å². The first kappa shape index (κ1) is 35.7. The van der Waals surface area contributed by atoms with Crippen LogP contribution in [-0.4, -0.2) is 76.9 Å². The van der Waals surface area contributed by atoms with E-state index in [0.717, 1.165) is 11.1 Å². The Morgan fingerprint density at radius 2 is 1.49 bits per heavy atom. The van der Waals surface area contributed by atoms with E-state index in [1.54, 1.807) is 42.5 Å². The molecular weight excluding hydrogens is 646 g/mol. The van der Waals surface area contributed by atoms with Crippen molar-refractivity contribution < 1.29 is 37.3 Å².